The number of nitrogens with two attached hydrogens (primary N) is 1. The van der Waals surface area contributed by atoms with Gasteiger partial charge in [0.2, 0.25) is 0 Å². The molecule has 1 aliphatic carbocycles. The summed E-state index contributed by atoms with van der Waals surface area (Å²) in [6, 6.07) is 3.75. The lowest BCUT2D eigenvalue weighted by Gasteiger charge is -2.24. The molecule has 3 aliphatic rings. The van der Waals surface area contributed by atoms with Crippen LogP contribution in [0.25, 0.3) is 5.52 Å². The fourth-order valence-corrected chi connectivity index (χ4v) is 4.22. The number of aliphatic hydroxyl groups excluding tert-OH is 1. The summed E-state index contributed by atoms with van der Waals surface area (Å²) in [5.74, 6) is -0.369. The largest absolute Gasteiger partial charge is 0.387 e. The van der Waals surface area contributed by atoms with Crippen molar-refractivity contribution in [3.8, 4) is 0 Å². The predicted molar refractivity (Wildman–Crippen MR) is 78.4 cm³/mol. The van der Waals surface area contributed by atoms with Gasteiger partial charge in [-0.3, -0.25) is 0 Å². The maximum Gasteiger partial charge on any atom is 0.164 e. The number of hydrogen-bond donors (Lipinski definition) is 2. The first-order valence-electron chi connectivity index (χ1n) is 7.62. The number of hydrogen-bond acceptors (Lipinski definition) is 7. The summed E-state index contributed by atoms with van der Waals surface area (Å²) in [5.41, 5.74) is 5.80. The molecule has 23 heavy (non-hydrogen) atoms. The molecule has 2 aromatic rings. The number of aliphatic hydroxyl groups is 1. The normalized spacial score (nSPS) is 43.6. The third-order valence-corrected chi connectivity index (χ3v) is 5.32. The Labute approximate surface area is 132 Å². The smallest absolute Gasteiger partial charge is 0.164 e. The Bertz CT molecular complexity index is 836. The molecule has 8 heteroatoms. The maximum atomic E-state index is 10.4. The number of aromatic nitrogens is 3. The Hall–Kier alpha value is -1.74. The molecule has 1 spiro atoms. The molecular formula is C15H18N4O4. The van der Waals surface area contributed by atoms with Crippen molar-refractivity contribution in [2.75, 3.05) is 5.73 Å². The molecule has 0 aromatic carbocycles. The van der Waals surface area contributed by atoms with Crippen molar-refractivity contribution in [3.63, 3.8) is 0 Å². The zero-order valence-electron chi connectivity index (χ0n) is 13.1. The standard InChI is InChI=1S/C15H18N4O4/c1-13(2)22-10-9(21-14(3)12(20)15(10,14)23-13)7-4-5-8-11(16)17-6-18-19(7)8/h4-6,9-10,12,20H,1-3H3,(H2,16,17,18)/t9-,10-,12?,14+,15+/m0/s1. The van der Waals surface area contributed by atoms with Crippen LogP contribution in [-0.2, 0) is 14.2 Å². The third kappa shape index (κ3) is 1.37. The van der Waals surface area contributed by atoms with Crippen LogP contribution in [0.1, 0.15) is 32.6 Å². The van der Waals surface area contributed by atoms with Crippen LogP contribution in [0, 0.1) is 0 Å². The van der Waals surface area contributed by atoms with Crippen molar-refractivity contribution < 1.29 is 19.3 Å². The molecule has 8 nitrogen and oxygen atoms in total. The Balaban J connectivity index is 1.64. The van der Waals surface area contributed by atoms with E-state index in [2.05, 4.69) is 10.1 Å². The number of anilines is 1. The monoisotopic (exact) mass is 318 g/mol. The highest BCUT2D eigenvalue weighted by Crippen LogP contribution is 2.70. The van der Waals surface area contributed by atoms with E-state index in [1.165, 1.54) is 6.33 Å². The van der Waals surface area contributed by atoms with Crippen LogP contribution in [0.4, 0.5) is 5.82 Å². The lowest BCUT2D eigenvalue weighted by atomic mass is 10.0. The fraction of sp³-hybridized carbons (Fsp3) is 0.600. The van der Waals surface area contributed by atoms with E-state index in [1.54, 1.807) is 4.52 Å². The van der Waals surface area contributed by atoms with Gasteiger partial charge in [0.15, 0.2) is 17.2 Å². The summed E-state index contributed by atoms with van der Waals surface area (Å²) >= 11 is 0. The Kier molecular flexibility index (Phi) is 2.18. The summed E-state index contributed by atoms with van der Waals surface area (Å²) in [6.45, 7) is 5.55. The van der Waals surface area contributed by atoms with Crippen molar-refractivity contribution in [2.45, 2.75) is 56.1 Å². The van der Waals surface area contributed by atoms with Gasteiger partial charge in [0.25, 0.3) is 0 Å². The van der Waals surface area contributed by atoms with Crippen LogP contribution in [0.2, 0.25) is 0 Å². The quantitative estimate of drug-likeness (QED) is 0.784. The van der Waals surface area contributed by atoms with Crippen LogP contribution < -0.4 is 5.73 Å². The third-order valence-electron chi connectivity index (χ3n) is 5.32. The van der Waals surface area contributed by atoms with E-state index in [0.717, 1.165) is 5.69 Å². The summed E-state index contributed by atoms with van der Waals surface area (Å²) in [7, 11) is 0. The van der Waals surface area contributed by atoms with Gasteiger partial charge < -0.3 is 25.1 Å². The first-order valence-corrected chi connectivity index (χ1v) is 7.62. The van der Waals surface area contributed by atoms with E-state index in [-0.39, 0.29) is 0 Å². The molecule has 5 atom stereocenters. The Morgan fingerprint density at radius 3 is 2.83 bits per heavy atom. The predicted octanol–water partition coefficient (Wildman–Crippen LogP) is 0.406. The minimum Gasteiger partial charge on any atom is -0.387 e. The van der Waals surface area contributed by atoms with Gasteiger partial charge in [-0.05, 0) is 32.9 Å². The lowest BCUT2D eigenvalue weighted by molar-refractivity contribution is -0.186. The molecule has 0 amide bonds. The number of ether oxygens (including phenoxy) is 3. The minimum absolute atomic E-state index is 0.401. The average molecular weight is 318 g/mol. The number of fused-ring (bicyclic) bond motifs is 1. The van der Waals surface area contributed by atoms with E-state index in [9.17, 15) is 5.11 Å². The van der Waals surface area contributed by atoms with Gasteiger partial charge >= 0.3 is 0 Å². The van der Waals surface area contributed by atoms with Crippen molar-refractivity contribution in [3.05, 3.63) is 24.2 Å². The highest BCUT2D eigenvalue weighted by atomic mass is 16.8. The van der Waals surface area contributed by atoms with Crippen LogP contribution in [-0.4, -0.2) is 48.9 Å². The van der Waals surface area contributed by atoms with Gasteiger partial charge in [-0.2, -0.15) is 5.10 Å². The summed E-state index contributed by atoms with van der Waals surface area (Å²) in [6.07, 6.45) is -0.109. The van der Waals surface area contributed by atoms with Crippen LogP contribution in [0.5, 0.6) is 0 Å². The molecule has 1 saturated carbocycles. The van der Waals surface area contributed by atoms with Gasteiger partial charge in [-0.1, -0.05) is 0 Å². The van der Waals surface area contributed by atoms with E-state index in [4.69, 9.17) is 19.9 Å². The molecular weight excluding hydrogens is 300 g/mol. The van der Waals surface area contributed by atoms with Gasteiger partial charge in [0.05, 0.1) is 5.69 Å². The molecule has 5 rings (SSSR count). The molecule has 2 aliphatic heterocycles. The zero-order chi connectivity index (χ0) is 16.2. The number of rotatable bonds is 1. The van der Waals surface area contributed by atoms with E-state index >= 15 is 0 Å². The Morgan fingerprint density at radius 2 is 2.04 bits per heavy atom. The van der Waals surface area contributed by atoms with Crippen LogP contribution in [0.15, 0.2) is 18.5 Å². The highest BCUT2D eigenvalue weighted by Gasteiger charge is 2.90. The summed E-state index contributed by atoms with van der Waals surface area (Å²) in [5, 5.41) is 14.7. The SMILES string of the molecule is CC1(C)O[C@H]2[C@H](c3ccc4c(N)ncnn34)O[C@]3(C)C(O)[C@]23O1. The van der Waals surface area contributed by atoms with Crippen LogP contribution in [0.3, 0.4) is 0 Å². The second-order valence-electron chi connectivity index (χ2n) is 7.08. The lowest BCUT2D eigenvalue weighted by Crippen LogP contribution is -2.32. The average Bonchev–Trinajstić information content (AvgIpc) is 2.91. The Morgan fingerprint density at radius 1 is 1.26 bits per heavy atom. The number of nitrogens with zero attached hydrogens (tertiary/aromatic N) is 3. The second kappa shape index (κ2) is 3.67. The number of nitrogen functional groups attached to an aromatic ring is 1. The second-order valence-corrected chi connectivity index (χ2v) is 7.08. The van der Waals surface area contributed by atoms with E-state index < -0.39 is 35.3 Å². The van der Waals surface area contributed by atoms with Gasteiger partial charge in [-0.15, -0.1) is 0 Å². The van der Waals surface area contributed by atoms with Crippen molar-refractivity contribution in [1.82, 2.24) is 14.6 Å². The van der Waals surface area contributed by atoms with Gasteiger partial charge in [0, 0.05) is 0 Å². The van der Waals surface area contributed by atoms with Crippen LogP contribution >= 0.6 is 0 Å². The fourth-order valence-electron chi connectivity index (χ4n) is 4.22. The summed E-state index contributed by atoms with van der Waals surface area (Å²) < 4.78 is 20.0. The van der Waals surface area contributed by atoms with E-state index in [1.807, 2.05) is 32.9 Å². The molecule has 0 radical (unpaired) electrons. The van der Waals surface area contributed by atoms with E-state index in [0.29, 0.717) is 11.3 Å². The van der Waals surface area contributed by atoms with Crippen molar-refractivity contribution in [1.29, 1.82) is 0 Å². The molecule has 4 heterocycles. The van der Waals surface area contributed by atoms with Crippen molar-refractivity contribution >= 4 is 11.3 Å². The zero-order valence-corrected chi connectivity index (χ0v) is 13.1. The first kappa shape index (κ1) is 13.7. The molecule has 122 valence electrons. The van der Waals surface area contributed by atoms with Crippen molar-refractivity contribution in [2.24, 2.45) is 0 Å². The van der Waals surface area contributed by atoms with Gasteiger partial charge in [-0.25, -0.2) is 9.50 Å². The molecule has 1 unspecified atom stereocenters. The topological polar surface area (TPSA) is 104 Å². The van der Waals surface area contributed by atoms with Gasteiger partial charge in [0.1, 0.15) is 35.8 Å². The summed E-state index contributed by atoms with van der Waals surface area (Å²) in [4.78, 5) is 3.99. The first-order chi connectivity index (χ1) is 10.8. The molecule has 0 bridgehead atoms. The molecule has 2 saturated heterocycles. The molecule has 2 aromatic heterocycles. The highest BCUT2D eigenvalue weighted by molar-refractivity contribution is 5.65. The maximum absolute atomic E-state index is 10.4. The molecule has 3 N–H and O–H groups in total. The minimum atomic E-state index is -0.829. The molecule has 3 fully saturated rings.